The summed E-state index contributed by atoms with van der Waals surface area (Å²) < 4.78 is 71.1. The summed E-state index contributed by atoms with van der Waals surface area (Å²) in [6.07, 6.45) is -6.14. The van der Waals surface area contributed by atoms with Gasteiger partial charge in [0.25, 0.3) is 0 Å². The van der Waals surface area contributed by atoms with Gasteiger partial charge in [-0.2, -0.15) is 13.2 Å². The summed E-state index contributed by atoms with van der Waals surface area (Å²) in [6.45, 7) is 3.60. The number of aliphatic hydroxyl groups excluding tert-OH is 1. The van der Waals surface area contributed by atoms with Crippen LogP contribution in [0, 0.1) is 5.82 Å². The highest BCUT2D eigenvalue weighted by Gasteiger charge is 2.38. The summed E-state index contributed by atoms with van der Waals surface area (Å²) in [7, 11) is 0. The second-order valence-electron chi connectivity index (χ2n) is 8.66. The Labute approximate surface area is 189 Å². The molecule has 2 aromatic carbocycles. The van der Waals surface area contributed by atoms with E-state index in [0.717, 1.165) is 12.1 Å². The van der Waals surface area contributed by atoms with Crippen LogP contribution in [-0.4, -0.2) is 10.1 Å². The van der Waals surface area contributed by atoms with Gasteiger partial charge in [0.2, 0.25) is 0 Å². The molecule has 1 N–H and O–H groups in total. The van der Waals surface area contributed by atoms with E-state index < -0.39 is 35.4 Å². The van der Waals surface area contributed by atoms with Crippen molar-refractivity contribution in [2.45, 2.75) is 57.5 Å². The van der Waals surface area contributed by atoms with Crippen molar-refractivity contribution >= 4 is 0 Å². The predicted octanol–water partition coefficient (Wildman–Crippen LogP) is 7.46. The Bertz CT molecular complexity index is 1150. The normalized spacial score (nSPS) is 17.2. The molecular formula is C26H24F5NO. The third kappa shape index (κ3) is 4.38. The summed E-state index contributed by atoms with van der Waals surface area (Å²) in [5.74, 6) is -0.785. The molecule has 1 aliphatic carbocycles. The first-order valence-corrected chi connectivity index (χ1v) is 10.9. The number of alkyl halides is 4. The van der Waals surface area contributed by atoms with Gasteiger partial charge in [0.15, 0.2) is 6.17 Å². The van der Waals surface area contributed by atoms with Crippen molar-refractivity contribution in [2.75, 3.05) is 0 Å². The minimum atomic E-state index is -4.74. The van der Waals surface area contributed by atoms with Gasteiger partial charge in [0.05, 0.1) is 17.4 Å². The Balaban J connectivity index is 2.08. The van der Waals surface area contributed by atoms with Crippen molar-refractivity contribution in [3.63, 3.8) is 0 Å². The summed E-state index contributed by atoms with van der Waals surface area (Å²) in [5.41, 5.74) is 0.522. The fourth-order valence-electron chi connectivity index (χ4n) is 4.60. The molecule has 0 bridgehead atoms. The average Bonchev–Trinajstić information content (AvgIpc) is 2.77. The molecule has 1 heterocycles. The van der Waals surface area contributed by atoms with Crippen LogP contribution in [0.25, 0.3) is 11.1 Å². The molecule has 2 nitrogen and oxygen atoms in total. The molecule has 0 radical (unpaired) electrons. The molecule has 3 aromatic rings. The lowest BCUT2D eigenvalue weighted by molar-refractivity contribution is -0.138. The minimum absolute atomic E-state index is 0.00647. The number of aromatic nitrogens is 1. The van der Waals surface area contributed by atoms with Gasteiger partial charge >= 0.3 is 6.18 Å². The van der Waals surface area contributed by atoms with Crippen LogP contribution in [0.15, 0.2) is 48.5 Å². The highest BCUT2D eigenvalue weighted by atomic mass is 19.4. The van der Waals surface area contributed by atoms with Crippen molar-refractivity contribution < 1.29 is 27.1 Å². The molecule has 2 unspecified atom stereocenters. The summed E-state index contributed by atoms with van der Waals surface area (Å²) >= 11 is 0. The Hall–Kier alpha value is -2.80. The third-order valence-corrected chi connectivity index (χ3v) is 6.08. The van der Waals surface area contributed by atoms with Crippen LogP contribution in [-0.2, 0) is 12.6 Å². The molecule has 0 fully saturated rings. The van der Waals surface area contributed by atoms with Gasteiger partial charge in [0.1, 0.15) is 5.82 Å². The molecule has 1 aliphatic rings. The number of aliphatic hydroxyl groups is 1. The molecule has 0 saturated heterocycles. The SMILES string of the molecule is CC(C)c1nc2c(c(-c3ccc(F)cc3)c1C(F)c1ccccc1C(F)(F)F)C(O)CCC2. The van der Waals surface area contributed by atoms with E-state index in [4.69, 9.17) is 0 Å². The number of fused-ring (bicyclic) bond motifs is 1. The quantitative estimate of drug-likeness (QED) is 0.409. The largest absolute Gasteiger partial charge is 0.416 e. The number of aryl methyl sites for hydroxylation is 1. The lowest BCUT2D eigenvalue weighted by Gasteiger charge is -2.30. The second kappa shape index (κ2) is 8.86. The molecule has 0 spiro atoms. The highest BCUT2D eigenvalue weighted by molar-refractivity contribution is 5.75. The van der Waals surface area contributed by atoms with Gasteiger partial charge in [-0.25, -0.2) is 8.78 Å². The molecule has 174 valence electrons. The summed E-state index contributed by atoms with van der Waals surface area (Å²) in [5, 5.41) is 10.8. The van der Waals surface area contributed by atoms with Gasteiger partial charge < -0.3 is 5.11 Å². The standard InChI is InChI=1S/C26H24F5NO/c1-14(2)25-23(24(28)17-6-3-4-7-18(17)26(29,30)31)21(15-10-12-16(27)13-11-15)22-19(32-25)8-5-9-20(22)33/h3-4,6-7,10-14,20,24,33H,5,8-9H2,1-2H3. The zero-order chi connectivity index (χ0) is 23.9. The molecular weight excluding hydrogens is 437 g/mol. The van der Waals surface area contributed by atoms with Crippen molar-refractivity contribution in [2.24, 2.45) is 0 Å². The molecule has 33 heavy (non-hydrogen) atoms. The summed E-state index contributed by atoms with van der Waals surface area (Å²) in [6, 6.07) is 9.92. The maximum absolute atomic E-state index is 16.3. The Kier molecular flexibility index (Phi) is 6.27. The van der Waals surface area contributed by atoms with Crippen LogP contribution in [0.4, 0.5) is 22.0 Å². The number of nitrogens with zero attached hydrogens (tertiary/aromatic N) is 1. The second-order valence-corrected chi connectivity index (χ2v) is 8.66. The first-order valence-electron chi connectivity index (χ1n) is 10.9. The molecule has 4 rings (SSSR count). The molecule has 7 heteroatoms. The van der Waals surface area contributed by atoms with Crippen LogP contribution in [0.2, 0.25) is 0 Å². The number of pyridine rings is 1. The maximum Gasteiger partial charge on any atom is 0.416 e. The Morgan fingerprint density at radius 3 is 2.33 bits per heavy atom. The van der Waals surface area contributed by atoms with Gasteiger partial charge in [-0.05, 0) is 54.5 Å². The first-order chi connectivity index (χ1) is 15.6. The van der Waals surface area contributed by atoms with Crippen LogP contribution in [0.1, 0.15) is 78.5 Å². The highest BCUT2D eigenvalue weighted by Crippen LogP contribution is 2.47. The van der Waals surface area contributed by atoms with E-state index in [1.807, 2.05) is 0 Å². The van der Waals surface area contributed by atoms with Gasteiger partial charge in [0, 0.05) is 22.4 Å². The van der Waals surface area contributed by atoms with Crippen molar-refractivity contribution in [1.29, 1.82) is 0 Å². The van der Waals surface area contributed by atoms with Gasteiger partial charge in [-0.3, -0.25) is 4.98 Å². The van der Waals surface area contributed by atoms with Crippen LogP contribution in [0.3, 0.4) is 0 Å². The molecule has 1 aromatic heterocycles. The predicted molar refractivity (Wildman–Crippen MR) is 116 cm³/mol. The number of rotatable bonds is 4. The zero-order valence-electron chi connectivity index (χ0n) is 18.3. The Morgan fingerprint density at radius 1 is 1.03 bits per heavy atom. The lowest BCUT2D eigenvalue weighted by atomic mass is 9.80. The fraction of sp³-hybridized carbons (Fsp3) is 0.346. The lowest BCUT2D eigenvalue weighted by Crippen LogP contribution is -2.19. The number of benzene rings is 2. The molecule has 0 aliphatic heterocycles. The van der Waals surface area contributed by atoms with Gasteiger partial charge in [-0.1, -0.05) is 44.2 Å². The monoisotopic (exact) mass is 461 g/mol. The van der Waals surface area contributed by atoms with Crippen LogP contribution < -0.4 is 0 Å². The molecule has 0 saturated carbocycles. The fourth-order valence-corrected chi connectivity index (χ4v) is 4.60. The number of halogens is 5. The van der Waals surface area contributed by atoms with E-state index in [2.05, 4.69) is 4.98 Å². The number of hydrogen-bond acceptors (Lipinski definition) is 2. The maximum atomic E-state index is 16.3. The van der Waals surface area contributed by atoms with E-state index in [0.29, 0.717) is 47.3 Å². The van der Waals surface area contributed by atoms with Crippen molar-refractivity contribution in [3.8, 4) is 11.1 Å². The zero-order valence-corrected chi connectivity index (χ0v) is 18.3. The van der Waals surface area contributed by atoms with E-state index in [-0.39, 0.29) is 11.5 Å². The van der Waals surface area contributed by atoms with E-state index in [1.165, 1.54) is 36.4 Å². The van der Waals surface area contributed by atoms with Crippen LogP contribution >= 0.6 is 0 Å². The average molecular weight is 461 g/mol. The van der Waals surface area contributed by atoms with Crippen molar-refractivity contribution in [3.05, 3.63) is 88.0 Å². The van der Waals surface area contributed by atoms with E-state index >= 15 is 4.39 Å². The number of hydrogen-bond donors (Lipinski definition) is 1. The van der Waals surface area contributed by atoms with Gasteiger partial charge in [-0.15, -0.1) is 0 Å². The first kappa shape index (κ1) is 23.4. The smallest absolute Gasteiger partial charge is 0.388 e. The Morgan fingerprint density at radius 2 is 1.70 bits per heavy atom. The third-order valence-electron chi connectivity index (χ3n) is 6.08. The summed E-state index contributed by atoms with van der Waals surface area (Å²) in [4.78, 5) is 4.65. The topological polar surface area (TPSA) is 33.1 Å². The minimum Gasteiger partial charge on any atom is -0.388 e. The molecule has 0 amide bonds. The molecule has 2 atom stereocenters. The van der Waals surface area contributed by atoms with E-state index in [1.54, 1.807) is 13.8 Å². The van der Waals surface area contributed by atoms with E-state index in [9.17, 15) is 22.7 Å². The van der Waals surface area contributed by atoms with Crippen LogP contribution in [0.5, 0.6) is 0 Å². The van der Waals surface area contributed by atoms with Crippen molar-refractivity contribution in [1.82, 2.24) is 4.98 Å².